The number of amides is 1. The Morgan fingerprint density at radius 2 is 1.70 bits per heavy atom. The number of carbonyl (C=O) groups excluding carboxylic acids is 1. The van der Waals surface area contributed by atoms with Crippen LogP contribution in [0.25, 0.3) is 5.69 Å². The minimum Gasteiger partial charge on any atom is -0.445 e. The van der Waals surface area contributed by atoms with Crippen LogP contribution in [0, 0.1) is 13.8 Å². The lowest BCUT2D eigenvalue weighted by Gasteiger charge is -2.14. The van der Waals surface area contributed by atoms with Crippen LogP contribution in [0.1, 0.15) is 40.1 Å². The lowest BCUT2D eigenvalue weighted by Crippen LogP contribution is -2.30. The molecule has 0 aliphatic carbocycles. The second kappa shape index (κ2) is 8.70. The Bertz CT molecular complexity index is 1330. The van der Waals surface area contributed by atoms with Gasteiger partial charge in [-0.1, -0.05) is 72.8 Å². The zero-order valence-corrected chi connectivity index (χ0v) is 18.4. The lowest BCUT2D eigenvalue weighted by molar-refractivity contribution is 0.135. The van der Waals surface area contributed by atoms with Gasteiger partial charge < -0.3 is 4.74 Å². The fraction of sp³-hybridized carbons (Fsp3) is 0.154. The SMILES string of the molecule is Cc1ccc2c(c1)-n1c(C)nnc1C(NC(=O)OCc1ccccc1)N=C2c1ccccc1. The van der Waals surface area contributed by atoms with E-state index in [1.165, 1.54) is 0 Å². The van der Waals surface area contributed by atoms with Crippen LogP contribution in [0.5, 0.6) is 0 Å². The molecular weight excluding hydrogens is 414 g/mol. The first-order chi connectivity index (χ1) is 16.1. The van der Waals surface area contributed by atoms with E-state index in [0.29, 0.717) is 11.6 Å². The molecule has 1 atom stereocenters. The molecule has 1 amide bonds. The van der Waals surface area contributed by atoms with E-state index >= 15 is 0 Å². The molecule has 33 heavy (non-hydrogen) atoms. The van der Waals surface area contributed by atoms with Gasteiger partial charge in [0.05, 0.1) is 11.4 Å². The summed E-state index contributed by atoms with van der Waals surface area (Å²) >= 11 is 0. The predicted octanol–water partition coefficient (Wildman–Crippen LogP) is 4.66. The highest BCUT2D eigenvalue weighted by Gasteiger charge is 2.29. The Balaban J connectivity index is 1.55. The van der Waals surface area contributed by atoms with E-state index in [-0.39, 0.29) is 6.61 Å². The van der Waals surface area contributed by atoms with Crippen LogP contribution < -0.4 is 5.32 Å². The predicted molar refractivity (Wildman–Crippen MR) is 125 cm³/mol. The number of hydrogen-bond donors (Lipinski definition) is 1. The number of aromatic nitrogens is 3. The van der Waals surface area contributed by atoms with Gasteiger partial charge in [0.1, 0.15) is 12.4 Å². The fourth-order valence-electron chi connectivity index (χ4n) is 3.94. The average Bonchev–Trinajstić information content (AvgIpc) is 3.17. The zero-order chi connectivity index (χ0) is 22.8. The maximum atomic E-state index is 12.7. The molecule has 0 saturated heterocycles. The number of alkyl carbamates (subject to hydrolysis) is 1. The van der Waals surface area contributed by atoms with Crippen LogP contribution in [0.3, 0.4) is 0 Å². The van der Waals surface area contributed by atoms with Gasteiger partial charge in [0.15, 0.2) is 12.0 Å². The third kappa shape index (κ3) is 4.13. The van der Waals surface area contributed by atoms with Crippen LogP contribution in [0.4, 0.5) is 4.79 Å². The summed E-state index contributed by atoms with van der Waals surface area (Å²) in [5, 5.41) is 11.5. The number of ether oxygens (including phenoxy) is 1. The Morgan fingerprint density at radius 1 is 0.970 bits per heavy atom. The molecule has 1 aliphatic rings. The summed E-state index contributed by atoms with van der Waals surface area (Å²) < 4.78 is 7.40. The van der Waals surface area contributed by atoms with Crippen molar-refractivity contribution in [2.45, 2.75) is 26.6 Å². The van der Waals surface area contributed by atoms with Crippen molar-refractivity contribution in [2.24, 2.45) is 4.99 Å². The number of nitrogens with zero attached hydrogens (tertiary/aromatic N) is 4. The van der Waals surface area contributed by atoms with E-state index < -0.39 is 12.3 Å². The smallest absolute Gasteiger partial charge is 0.409 e. The second-order valence-corrected chi connectivity index (χ2v) is 7.91. The number of nitrogens with one attached hydrogen (secondary N) is 1. The molecule has 0 radical (unpaired) electrons. The number of fused-ring (bicyclic) bond motifs is 3. The van der Waals surface area contributed by atoms with Crippen LogP contribution in [-0.4, -0.2) is 26.6 Å². The Morgan fingerprint density at radius 3 is 2.45 bits per heavy atom. The third-order valence-electron chi connectivity index (χ3n) is 5.52. The van der Waals surface area contributed by atoms with Crippen molar-refractivity contribution in [1.82, 2.24) is 20.1 Å². The molecule has 1 aromatic heterocycles. The van der Waals surface area contributed by atoms with Gasteiger partial charge in [0.25, 0.3) is 0 Å². The molecule has 1 N–H and O–H groups in total. The summed E-state index contributed by atoms with van der Waals surface area (Å²) in [6.07, 6.45) is -1.34. The van der Waals surface area contributed by atoms with E-state index in [4.69, 9.17) is 9.73 Å². The first-order valence-electron chi connectivity index (χ1n) is 10.7. The molecule has 1 aliphatic heterocycles. The molecule has 7 nitrogen and oxygen atoms in total. The maximum Gasteiger partial charge on any atom is 0.409 e. The number of benzene rings is 3. The summed E-state index contributed by atoms with van der Waals surface area (Å²) in [6.45, 7) is 4.10. The van der Waals surface area contributed by atoms with Crippen molar-refractivity contribution in [1.29, 1.82) is 0 Å². The van der Waals surface area contributed by atoms with E-state index in [9.17, 15) is 4.79 Å². The number of carbonyl (C=O) groups is 1. The molecule has 2 heterocycles. The quantitative estimate of drug-likeness (QED) is 0.503. The maximum absolute atomic E-state index is 12.7. The minimum atomic E-state index is -0.766. The summed E-state index contributed by atoms with van der Waals surface area (Å²) in [5.74, 6) is 1.24. The monoisotopic (exact) mass is 437 g/mol. The van der Waals surface area contributed by atoms with E-state index in [0.717, 1.165) is 33.7 Å². The van der Waals surface area contributed by atoms with Gasteiger partial charge in [-0.2, -0.15) is 0 Å². The first kappa shape index (κ1) is 20.6. The van der Waals surface area contributed by atoms with Crippen LogP contribution in [0.15, 0.2) is 83.9 Å². The number of aliphatic imine (C=N–C) groups is 1. The fourth-order valence-corrected chi connectivity index (χ4v) is 3.94. The first-order valence-corrected chi connectivity index (χ1v) is 10.7. The van der Waals surface area contributed by atoms with Gasteiger partial charge in [0.2, 0.25) is 0 Å². The van der Waals surface area contributed by atoms with E-state index in [1.807, 2.05) is 79.1 Å². The Labute approximate surface area is 191 Å². The molecular formula is C26H23N5O2. The van der Waals surface area contributed by atoms with Crippen molar-refractivity contribution in [3.8, 4) is 5.69 Å². The van der Waals surface area contributed by atoms with Crippen LogP contribution in [0.2, 0.25) is 0 Å². The average molecular weight is 438 g/mol. The summed E-state index contributed by atoms with van der Waals surface area (Å²) in [6, 6.07) is 25.7. The largest absolute Gasteiger partial charge is 0.445 e. The lowest BCUT2D eigenvalue weighted by atomic mass is 9.99. The highest BCUT2D eigenvalue weighted by Crippen LogP contribution is 2.30. The molecule has 0 bridgehead atoms. The summed E-state index contributed by atoms with van der Waals surface area (Å²) in [4.78, 5) is 17.7. The molecule has 0 fully saturated rings. The van der Waals surface area contributed by atoms with E-state index in [2.05, 4.69) is 33.7 Å². The normalized spacial score (nSPS) is 14.5. The molecule has 4 aromatic rings. The molecule has 0 saturated carbocycles. The molecule has 0 spiro atoms. The Kier molecular flexibility index (Phi) is 5.44. The van der Waals surface area contributed by atoms with Crippen molar-refractivity contribution < 1.29 is 9.53 Å². The standard InChI is InChI=1S/C26H23N5O2/c1-17-13-14-21-22(15-17)31-18(2)29-30-25(31)24(27-23(21)20-11-7-4-8-12-20)28-26(32)33-16-19-9-5-3-6-10-19/h3-15,24H,16H2,1-2H3,(H,28,32). The number of rotatable bonds is 4. The molecule has 3 aromatic carbocycles. The number of hydrogen-bond acceptors (Lipinski definition) is 5. The van der Waals surface area contributed by atoms with Gasteiger partial charge in [-0.25, -0.2) is 4.79 Å². The van der Waals surface area contributed by atoms with E-state index in [1.54, 1.807) is 0 Å². The molecule has 164 valence electrons. The third-order valence-corrected chi connectivity index (χ3v) is 5.52. The highest BCUT2D eigenvalue weighted by molar-refractivity contribution is 6.15. The van der Waals surface area contributed by atoms with Crippen molar-refractivity contribution >= 4 is 11.8 Å². The summed E-state index contributed by atoms with van der Waals surface area (Å²) in [7, 11) is 0. The van der Waals surface area contributed by atoms with Gasteiger partial charge in [-0.15, -0.1) is 10.2 Å². The highest BCUT2D eigenvalue weighted by atomic mass is 16.5. The molecule has 7 heteroatoms. The van der Waals surface area contributed by atoms with Crippen molar-refractivity contribution in [2.75, 3.05) is 0 Å². The molecule has 5 rings (SSSR count). The van der Waals surface area contributed by atoms with Gasteiger partial charge in [0, 0.05) is 11.1 Å². The number of aryl methyl sites for hydroxylation is 2. The second-order valence-electron chi connectivity index (χ2n) is 7.91. The van der Waals surface area contributed by atoms with Gasteiger partial charge in [-0.3, -0.25) is 14.9 Å². The summed E-state index contributed by atoms with van der Waals surface area (Å²) in [5.41, 5.74) is 5.60. The Hall–Kier alpha value is -4.26. The van der Waals surface area contributed by atoms with Crippen molar-refractivity contribution in [3.63, 3.8) is 0 Å². The van der Waals surface area contributed by atoms with Gasteiger partial charge >= 0.3 is 6.09 Å². The van der Waals surface area contributed by atoms with Crippen LogP contribution in [-0.2, 0) is 11.3 Å². The topological polar surface area (TPSA) is 81.4 Å². The van der Waals surface area contributed by atoms with Gasteiger partial charge in [-0.05, 0) is 31.0 Å². The molecule has 1 unspecified atom stereocenters. The zero-order valence-electron chi connectivity index (χ0n) is 18.4. The van der Waals surface area contributed by atoms with Crippen molar-refractivity contribution in [3.05, 3.63) is 113 Å². The van der Waals surface area contributed by atoms with Crippen LogP contribution >= 0.6 is 0 Å². The minimum absolute atomic E-state index is 0.166.